The number of amides is 1. The van der Waals surface area contributed by atoms with Crippen LogP contribution in [0, 0.1) is 0 Å². The lowest BCUT2D eigenvalue weighted by molar-refractivity contribution is -0.145. The second-order valence-electron chi connectivity index (χ2n) is 8.97. The summed E-state index contributed by atoms with van der Waals surface area (Å²) in [5, 5.41) is 21.6. The van der Waals surface area contributed by atoms with Crippen molar-refractivity contribution in [2.24, 2.45) is 0 Å². The molecule has 11 heteroatoms. The maximum Gasteiger partial charge on any atom is 0.328 e. The minimum absolute atomic E-state index is 0.0191. The van der Waals surface area contributed by atoms with Gasteiger partial charge in [0.05, 0.1) is 19.0 Å². The molecule has 1 fully saturated rings. The van der Waals surface area contributed by atoms with Gasteiger partial charge in [-0.1, -0.05) is 35.5 Å². The largest absolute Gasteiger partial charge is 0.467 e. The Morgan fingerprint density at radius 2 is 1.72 bits per heavy atom. The molecule has 1 aliphatic rings. The Balaban J connectivity index is 1.50. The van der Waals surface area contributed by atoms with Gasteiger partial charge in [-0.3, -0.25) is 9.69 Å². The summed E-state index contributed by atoms with van der Waals surface area (Å²) in [6, 6.07) is 8.76. The average Bonchev–Trinajstić information content (AvgIpc) is 3.32. The molecule has 11 nitrogen and oxygen atoms in total. The van der Waals surface area contributed by atoms with Crippen molar-refractivity contribution in [2.45, 2.75) is 38.4 Å². The smallest absolute Gasteiger partial charge is 0.328 e. The van der Waals surface area contributed by atoms with E-state index in [4.69, 9.17) is 4.74 Å². The van der Waals surface area contributed by atoms with Gasteiger partial charge < -0.3 is 26.0 Å². The zero-order valence-electron chi connectivity index (χ0n) is 21.2. The predicted molar refractivity (Wildman–Crippen MR) is 137 cm³/mol. The maximum atomic E-state index is 12.7. The minimum Gasteiger partial charge on any atom is -0.467 e. The SMILES string of the molecule is COC(=O)[C@H](Cc1ccccc1)NC(=O)Cn1cc(CN2CCCNCCNCCCNCC2)nn1. The van der Waals surface area contributed by atoms with Gasteiger partial charge in [-0.15, -0.1) is 5.10 Å². The fraction of sp³-hybridized carbons (Fsp3) is 0.600. The molecule has 0 saturated carbocycles. The van der Waals surface area contributed by atoms with E-state index in [9.17, 15) is 9.59 Å². The summed E-state index contributed by atoms with van der Waals surface area (Å²) in [5.41, 5.74) is 1.75. The van der Waals surface area contributed by atoms with Gasteiger partial charge >= 0.3 is 5.97 Å². The molecule has 1 saturated heterocycles. The zero-order valence-corrected chi connectivity index (χ0v) is 21.2. The number of methoxy groups -OCH3 is 1. The number of esters is 1. The van der Waals surface area contributed by atoms with E-state index in [0.29, 0.717) is 13.0 Å². The molecule has 0 aliphatic carbocycles. The van der Waals surface area contributed by atoms with E-state index in [-0.39, 0.29) is 12.5 Å². The number of nitrogens with zero attached hydrogens (tertiary/aromatic N) is 4. The van der Waals surface area contributed by atoms with Crippen LogP contribution < -0.4 is 21.3 Å². The minimum atomic E-state index is -0.763. The zero-order chi connectivity index (χ0) is 25.4. The number of rotatable bonds is 8. The van der Waals surface area contributed by atoms with Crippen LogP contribution in [0.4, 0.5) is 0 Å². The number of hydrogen-bond acceptors (Lipinski definition) is 9. The molecule has 1 aromatic heterocycles. The molecule has 3 rings (SSSR count). The number of nitrogens with one attached hydrogen (secondary N) is 4. The normalized spacial score (nSPS) is 17.6. The molecular weight excluding hydrogens is 460 g/mol. The van der Waals surface area contributed by atoms with Gasteiger partial charge in [0.1, 0.15) is 12.6 Å². The third kappa shape index (κ3) is 10.4. The van der Waals surface area contributed by atoms with Crippen LogP contribution in [0.5, 0.6) is 0 Å². The Labute approximate surface area is 213 Å². The highest BCUT2D eigenvalue weighted by molar-refractivity contribution is 5.84. The van der Waals surface area contributed by atoms with Crippen molar-refractivity contribution < 1.29 is 14.3 Å². The molecule has 1 aromatic carbocycles. The van der Waals surface area contributed by atoms with Crippen LogP contribution in [0.1, 0.15) is 24.1 Å². The molecule has 0 bridgehead atoms. The van der Waals surface area contributed by atoms with E-state index in [1.54, 1.807) is 6.20 Å². The van der Waals surface area contributed by atoms with Crippen LogP contribution >= 0.6 is 0 Å². The molecular formula is C25H40N8O3. The molecule has 36 heavy (non-hydrogen) atoms. The second kappa shape index (κ2) is 16.0. The Kier molecular flexibility index (Phi) is 12.3. The lowest BCUT2D eigenvalue weighted by Crippen LogP contribution is -2.44. The van der Waals surface area contributed by atoms with Crippen molar-refractivity contribution in [1.29, 1.82) is 0 Å². The molecule has 1 amide bonds. The number of carbonyl (C=O) groups excluding carboxylic acids is 2. The van der Waals surface area contributed by atoms with E-state index in [1.165, 1.54) is 11.8 Å². The summed E-state index contributed by atoms with van der Waals surface area (Å²) in [5.74, 6) is -0.798. The van der Waals surface area contributed by atoms with Crippen LogP contribution in [0.2, 0.25) is 0 Å². The Morgan fingerprint density at radius 3 is 2.47 bits per heavy atom. The van der Waals surface area contributed by atoms with Gasteiger partial charge in [0.2, 0.25) is 5.91 Å². The summed E-state index contributed by atoms with van der Waals surface area (Å²) in [4.78, 5) is 27.2. The van der Waals surface area contributed by atoms with E-state index in [0.717, 1.165) is 76.5 Å². The lowest BCUT2D eigenvalue weighted by Gasteiger charge is -2.22. The third-order valence-corrected chi connectivity index (χ3v) is 6.00. The van der Waals surface area contributed by atoms with E-state index in [2.05, 4.69) is 36.5 Å². The monoisotopic (exact) mass is 500 g/mol. The molecule has 2 aromatic rings. The van der Waals surface area contributed by atoms with Crippen molar-refractivity contribution >= 4 is 11.9 Å². The predicted octanol–water partition coefficient (Wildman–Crippen LogP) is -0.457. The van der Waals surface area contributed by atoms with Gasteiger partial charge in [-0.05, 0) is 44.6 Å². The first kappa shape index (κ1) is 27.7. The molecule has 0 spiro atoms. The van der Waals surface area contributed by atoms with Crippen molar-refractivity contribution in [3.63, 3.8) is 0 Å². The maximum absolute atomic E-state index is 12.7. The van der Waals surface area contributed by atoms with Crippen molar-refractivity contribution in [3.8, 4) is 0 Å². The molecule has 4 N–H and O–H groups in total. The number of aromatic nitrogens is 3. The van der Waals surface area contributed by atoms with Gasteiger partial charge in [-0.25, -0.2) is 9.48 Å². The molecule has 2 heterocycles. The van der Waals surface area contributed by atoms with Crippen LogP contribution in [0.3, 0.4) is 0 Å². The van der Waals surface area contributed by atoms with Crippen molar-refractivity contribution in [2.75, 3.05) is 59.5 Å². The molecule has 0 unspecified atom stereocenters. The summed E-state index contributed by atoms with van der Waals surface area (Å²) in [7, 11) is 1.32. The summed E-state index contributed by atoms with van der Waals surface area (Å²) < 4.78 is 6.39. The fourth-order valence-corrected chi connectivity index (χ4v) is 4.11. The second-order valence-corrected chi connectivity index (χ2v) is 8.97. The summed E-state index contributed by atoms with van der Waals surface area (Å²) >= 11 is 0. The highest BCUT2D eigenvalue weighted by Crippen LogP contribution is 2.06. The summed E-state index contributed by atoms with van der Waals surface area (Å²) in [6.07, 6.45) is 4.31. The van der Waals surface area contributed by atoms with E-state index in [1.807, 2.05) is 30.3 Å². The van der Waals surface area contributed by atoms with Gasteiger partial charge in [-0.2, -0.15) is 0 Å². The van der Waals surface area contributed by atoms with Crippen LogP contribution in [-0.4, -0.2) is 97.3 Å². The van der Waals surface area contributed by atoms with Crippen LogP contribution in [0.15, 0.2) is 36.5 Å². The van der Waals surface area contributed by atoms with Crippen molar-refractivity contribution in [1.82, 2.24) is 41.2 Å². The topological polar surface area (TPSA) is 125 Å². The molecule has 1 aliphatic heterocycles. The molecule has 1 atom stereocenters. The quantitative estimate of drug-likeness (QED) is 0.357. The van der Waals surface area contributed by atoms with Crippen LogP contribution in [0.25, 0.3) is 0 Å². The first-order valence-electron chi connectivity index (χ1n) is 12.8. The standard InChI is InChI=1S/C25H40N8O3/c1-36-25(35)23(17-21-7-3-2-4-8-21)29-24(34)20-33-19-22(30-31-33)18-32-15-6-11-27-13-12-26-9-5-10-28-14-16-32/h2-4,7-8,19,23,26-28H,5-6,9-18,20H2,1H3,(H,29,34)/t23-/m0/s1. The van der Waals surface area contributed by atoms with Gasteiger partial charge in [0.15, 0.2) is 0 Å². The average molecular weight is 501 g/mol. The Hall–Kier alpha value is -2.86. The third-order valence-electron chi connectivity index (χ3n) is 6.00. The van der Waals surface area contributed by atoms with E-state index >= 15 is 0 Å². The highest BCUT2D eigenvalue weighted by atomic mass is 16.5. The van der Waals surface area contributed by atoms with Crippen molar-refractivity contribution in [3.05, 3.63) is 47.8 Å². The first-order chi connectivity index (χ1) is 17.6. The number of benzene rings is 1. The van der Waals surface area contributed by atoms with Crippen LogP contribution in [-0.2, 0) is 33.8 Å². The molecule has 0 radical (unpaired) electrons. The summed E-state index contributed by atoms with van der Waals surface area (Å²) in [6.45, 7) is 8.41. The Morgan fingerprint density at radius 1 is 1.00 bits per heavy atom. The number of ether oxygens (including phenoxy) is 1. The van der Waals surface area contributed by atoms with Gasteiger partial charge in [0, 0.05) is 39.1 Å². The number of hydrogen-bond donors (Lipinski definition) is 4. The molecule has 198 valence electrons. The fourth-order valence-electron chi connectivity index (χ4n) is 4.11. The highest BCUT2D eigenvalue weighted by Gasteiger charge is 2.22. The lowest BCUT2D eigenvalue weighted by atomic mass is 10.1. The van der Waals surface area contributed by atoms with Gasteiger partial charge in [0.25, 0.3) is 0 Å². The van der Waals surface area contributed by atoms with E-state index < -0.39 is 12.0 Å². The first-order valence-corrected chi connectivity index (χ1v) is 12.8. The number of carbonyl (C=O) groups is 2. The Bertz CT molecular complexity index is 894.